The molecule has 3 N–H and O–H groups in total. The number of hydrogen-bond donors (Lipinski definition) is 3. The number of amides is 1. The summed E-state index contributed by atoms with van der Waals surface area (Å²) in [4.78, 5) is 13.4. The zero-order chi connectivity index (χ0) is 15.1. The topological polar surface area (TPSA) is 72.8 Å². The second-order valence-electron chi connectivity index (χ2n) is 5.61. The van der Waals surface area contributed by atoms with E-state index in [0.717, 1.165) is 5.69 Å². The number of anilines is 2. The van der Waals surface area contributed by atoms with Crippen molar-refractivity contribution in [3.8, 4) is 0 Å². The summed E-state index contributed by atoms with van der Waals surface area (Å²) >= 11 is 6.25. The maximum absolute atomic E-state index is 11.5. The van der Waals surface area contributed by atoms with Gasteiger partial charge in [-0.15, -0.1) is 0 Å². The van der Waals surface area contributed by atoms with Crippen LogP contribution in [-0.2, 0) is 4.79 Å². The van der Waals surface area contributed by atoms with Gasteiger partial charge in [-0.2, -0.15) is 0 Å². The first kappa shape index (κ1) is 15.1. The number of rotatable bonds is 4. The molecule has 2 rings (SSSR count). The molecule has 0 radical (unpaired) electrons. The zero-order valence-corrected chi connectivity index (χ0v) is 12.5. The summed E-state index contributed by atoms with van der Waals surface area (Å²) < 4.78 is 0. The largest absolute Gasteiger partial charge is 0.389 e. The fourth-order valence-electron chi connectivity index (χ4n) is 2.33. The third-order valence-corrected chi connectivity index (χ3v) is 3.52. The molecule has 1 amide bonds. The van der Waals surface area contributed by atoms with Gasteiger partial charge in [-0.1, -0.05) is 11.6 Å². The number of nitrogens with zero attached hydrogens (tertiary/aromatic N) is 1. The highest BCUT2D eigenvalue weighted by Crippen LogP contribution is 2.39. The number of hydrogen-bond acceptors (Lipinski definition) is 4. The van der Waals surface area contributed by atoms with Crippen LogP contribution in [0.25, 0.3) is 0 Å². The number of fused-ring (bicyclic) bond motifs is 1. The minimum atomic E-state index is -1.17. The van der Waals surface area contributed by atoms with E-state index >= 15 is 0 Å². The normalized spacial score (nSPS) is 17.9. The van der Waals surface area contributed by atoms with Gasteiger partial charge in [0.1, 0.15) is 0 Å². The smallest absolute Gasteiger partial charge is 0.257 e. The van der Waals surface area contributed by atoms with Gasteiger partial charge in [-0.05, 0) is 32.9 Å². The lowest BCUT2D eigenvalue weighted by atomic mass is 10.1. The Morgan fingerprint density at radius 1 is 1.45 bits per heavy atom. The number of halogens is 1. The van der Waals surface area contributed by atoms with E-state index in [1.807, 2.05) is 11.8 Å². The maximum atomic E-state index is 11.5. The Bertz CT molecular complexity index is 540. The third-order valence-electron chi connectivity index (χ3n) is 3.22. The van der Waals surface area contributed by atoms with Crippen LogP contribution in [0.5, 0.6) is 0 Å². The van der Waals surface area contributed by atoms with Crippen LogP contribution in [0.1, 0.15) is 32.4 Å². The van der Waals surface area contributed by atoms with Crippen molar-refractivity contribution in [3.63, 3.8) is 0 Å². The van der Waals surface area contributed by atoms with Gasteiger partial charge >= 0.3 is 0 Å². The van der Waals surface area contributed by atoms with Gasteiger partial charge in [0, 0.05) is 24.3 Å². The number of likely N-dealkylation sites (N-methyl/N-ethyl adjacent to an activating group) is 1. The van der Waals surface area contributed by atoms with Crippen molar-refractivity contribution in [3.05, 3.63) is 22.7 Å². The number of benzene rings is 1. The molecule has 1 atom stereocenters. The zero-order valence-electron chi connectivity index (χ0n) is 11.8. The first-order chi connectivity index (χ1) is 9.23. The lowest BCUT2D eigenvalue weighted by Gasteiger charge is -2.31. The summed E-state index contributed by atoms with van der Waals surface area (Å²) in [5, 5.41) is 22.7. The van der Waals surface area contributed by atoms with E-state index in [9.17, 15) is 15.0 Å². The van der Waals surface area contributed by atoms with Gasteiger partial charge in [0.05, 0.1) is 16.3 Å². The van der Waals surface area contributed by atoms with Crippen LogP contribution < -0.4 is 10.2 Å². The third kappa shape index (κ3) is 2.90. The summed E-state index contributed by atoms with van der Waals surface area (Å²) in [7, 11) is 0. The van der Waals surface area contributed by atoms with Gasteiger partial charge in [0.15, 0.2) is 6.10 Å². The first-order valence-corrected chi connectivity index (χ1v) is 6.90. The molecule has 20 heavy (non-hydrogen) atoms. The van der Waals surface area contributed by atoms with Crippen LogP contribution in [0.15, 0.2) is 12.1 Å². The average molecular weight is 299 g/mol. The Labute approximate surface area is 123 Å². The average Bonchev–Trinajstić information content (AvgIpc) is 2.61. The molecule has 1 aromatic carbocycles. The van der Waals surface area contributed by atoms with Crippen molar-refractivity contribution in [2.45, 2.75) is 32.5 Å². The molecule has 1 aliphatic heterocycles. The molecule has 0 aromatic heterocycles. The van der Waals surface area contributed by atoms with E-state index in [1.54, 1.807) is 26.0 Å². The Morgan fingerprint density at radius 3 is 2.65 bits per heavy atom. The molecule has 0 saturated carbocycles. The fraction of sp³-hybridized carbons (Fsp3) is 0.500. The molecule has 1 unspecified atom stereocenters. The van der Waals surface area contributed by atoms with E-state index in [-0.39, 0.29) is 0 Å². The van der Waals surface area contributed by atoms with E-state index < -0.39 is 17.6 Å². The van der Waals surface area contributed by atoms with Gasteiger partial charge in [0.25, 0.3) is 5.91 Å². The van der Waals surface area contributed by atoms with E-state index in [0.29, 0.717) is 29.4 Å². The highest BCUT2D eigenvalue weighted by Gasteiger charge is 2.30. The second-order valence-corrected chi connectivity index (χ2v) is 6.02. The molecule has 1 aromatic rings. The minimum Gasteiger partial charge on any atom is -0.389 e. The van der Waals surface area contributed by atoms with Crippen molar-refractivity contribution in [2.75, 3.05) is 23.3 Å². The van der Waals surface area contributed by atoms with E-state index in [1.165, 1.54) is 0 Å². The fourth-order valence-corrected chi connectivity index (χ4v) is 2.62. The number of carbonyl (C=O) groups is 1. The second kappa shape index (κ2) is 5.24. The Hall–Kier alpha value is -1.30. The predicted octanol–water partition coefficient (Wildman–Crippen LogP) is 1.92. The van der Waals surface area contributed by atoms with Crippen LogP contribution >= 0.6 is 11.6 Å². The summed E-state index contributed by atoms with van der Waals surface area (Å²) in [5.74, 6) is -0.446. The maximum Gasteiger partial charge on any atom is 0.257 e. The molecule has 6 heteroatoms. The van der Waals surface area contributed by atoms with Crippen molar-refractivity contribution >= 4 is 28.9 Å². The first-order valence-electron chi connectivity index (χ1n) is 6.52. The van der Waals surface area contributed by atoms with E-state index in [2.05, 4.69) is 5.32 Å². The summed E-state index contributed by atoms with van der Waals surface area (Å²) in [6.07, 6.45) is -1.17. The van der Waals surface area contributed by atoms with Crippen molar-refractivity contribution in [1.82, 2.24) is 0 Å². The van der Waals surface area contributed by atoms with E-state index in [4.69, 9.17) is 11.6 Å². The van der Waals surface area contributed by atoms with Crippen LogP contribution in [0.3, 0.4) is 0 Å². The van der Waals surface area contributed by atoms with Crippen LogP contribution in [0.2, 0.25) is 5.02 Å². The molecule has 0 bridgehead atoms. The molecule has 1 heterocycles. The Balaban J connectivity index is 2.38. The predicted molar refractivity (Wildman–Crippen MR) is 79.2 cm³/mol. The highest BCUT2D eigenvalue weighted by atomic mass is 35.5. The van der Waals surface area contributed by atoms with Crippen LogP contribution in [0.4, 0.5) is 11.4 Å². The molecule has 0 fully saturated rings. The Kier molecular flexibility index (Phi) is 3.95. The molecule has 110 valence electrons. The molecular weight excluding hydrogens is 280 g/mol. The van der Waals surface area contributed by atoms with Crippen LogP contribution in [-0.4, -0.2) is 34.8 Å². The van der Waals surface area contributed by atoms with Gasteiger partial charge in [-0.3, -0.25) is 4.79 Å². The molecule has 0 saturated heterocycles. The van der Waals surface area contributed by atoms with Crippen LogP contribution in [0, 0.1) is 0 Å². The summed E-state index contributed by atoms with van der Waals surface area (Å²) in [5.41, 5.74) is 0.921. The lowest BCUT2D eigenvalue weighted by molar-refractivity contribution is -0.123. The number of aliphatic hydroxyl groups excluding tert-OH is 1. The summed E-state index contributed by atoms with van der Waals surface area (Å²) in [6, 6.07) is 3.34. The number of nitrogens with one attached hydrogen (secondary N) is 1. The quantitative estimate of drug-likeness (QED) is 0.794. The minimum absolute atomic E-state index is 0.415. The van der Waals surface area contributed by atoms with Crippen molar-refractivity contribution in [1.29, 1.82) is 0 Å². The highest BCUT2D eigenvalue weighted by molar-refractivity contribution is 6.33. The molecule has 1 aliphatic rings. The lowest BCUT2D eigenvalue weighted by Crippen LogP contribution is -2.38. The molecule has 0 spiro atoms. The molecular formula is C14H19ClN2O3. The standard InChI is InChI=1S/C14H19ClN2O3/c1-4-17(7-14(2,3)20)11-6-10-8(5-9(11)15)12(18)13(19)16-10/h5-6,12,18,20H,4,7H2,1-3H3,(H,16,19). The monoisotopic (exact) mass is 298 g/mol. The Morgan fingerprint density at radius 2 is 2.10 bits per heavy atom. The van der Waals surface area contributed by atoms with Gasteiger partial charge in [-0.25, -0.2) is 0 Å². The molecule has 5 nitrogen and oxygen atoms in total. The number of carbonyl (C=O) groups excluding carboxylic acids is 1. The molecule has 0 aliphatic carbocycles. The summed E-state index contributed by atoms with van der Waals surface area (Å²) in [6.45, 7) is 6.49. The van der Waals surface area contributed by atoms with Crippen molar-refractivity contribution < 1.29 is 15.0 Å². The van der Waals surface area contributed by atoms with Gasteiger partial charge in [0.2, 0.25) is 0 Å². The number of aliphatic hydroxyl groups is 2. The van der Waals surface area contributed by atoms with Crippen molar-refractivity contribution in [2.24, 2.45) is 0 Å². The van der Waals surface area contributed by atoms with Gasteiger partial charge < -0.3 is 20.4 Å². The SMILES string of the molecule is CCN(CC(C)(C)O)c1cc2c(cc1Cl)C(O)C(=O)N2.